The van der Waals surface area contributed by atoms with Crippen LogP contribution in [0.25, 0.3) is 11.3 Å². The van der Waals surface area contributed by atoms with Crippen LogP contribution >= 0.6 is 23.2 Å². The highest BCUT2D eigenvalue weighted by Gasteiger charge is 2.16. The minimum atomic E-state index is -0.380. The maximum absolute atomic E-state index is 12.2. The van der Waals surface area contributed by atoms with Crippen molar-refractivity contribution in [2.75, 3.05) is 6.79 Å². The first kappa shape index (κ1) is 17.5. The molecule has 0 aliphatic carbocycles. The van der Waals surface area contributed by atoms with Gasteiger partial charge >= 0.3 is 0 Å². The number of nitrogens with zero attached hydrogens (tertiary/aromatic N) is 1. The Hall–Kier alpha value is -2.96. The van der Waals surface area contributed by atoms with Crippen molar-refractivity contribution >= 4 is 35.3 Å². The number of carbonyl (C=O) groups is 1. The number of hydrogen-bond donors (Lipinski definition) is 1. The van der Waals surface area contributed by atoms with Gasteiger partial charge in [-0.1, -0.05) is 29.3 Å². The molecule has 6 nitrogen and oxygen atoms in total. The summed E-state index contributed by atoms with van der Waals surface area (Å²) in [5.74, 6) is 1.76. The van der Waals surface area contributed by atoms with E-state index < -0.39 is 0 Å². The van der Waals surface area contributed by atoms with Crippen LogP contribution in [-0.4, -0.2) is 18.9 Å². The van der Waals surface area contributed by atoms with E-state index in [2.05, 4.69) is 10.5 Å². The van der Waals surface area contributed by atoms with Crippen LogP contribution in [0, 0.1) is 0 Å². The number of hydrogen-bond acceptors (Lipinski definition) is 5. The lowest BCUT2D eigenvalue weighted by atomic mass is 10.2. The van der Waals surface area contributed by atoms with Crippen molar-refractivity contribution in [1.82, 2.24) is 5.43 Å². The number of ether oxygens (including phenoxy) is 2. The molecule has 0 radical (unpaired) electrons. The molecular weight excluding hydrogens is 391 g/mol. The molecule has 1 N–H and O–H groups in total. The maximum Gasteiger partial charge on any atom is 0.271 e. The van der Waals surface area contributed by atoms with Crippen molar-refractivity contribution < 1.29 is 18.7 Å². The van der Waals surface area contributed by atoms with Crippen LogP contribution in [0.5, 0.6) is 11.5 Å². The van der Waals surface area contributed by atoms with Gasteiger partial charge in [0, 0.05) is 11.1 Å². The molecule has 3 aromatic rings. The van der Waals surface area contributed by atoms with E-state index in [4.69, 9.17) is 37.1 Å². The molecule has 2 aromatic carbocycles. The van der Waals surface area contributed by atoms with E-state index in [9.17, 15) is 4.79 Å². The quantitative estimate of drug-likeness (QED) is 0.504. The zero-order chi connectivity index (χ0) is 18.8. The molecule has 0 bridgehead atoms. The first-order valence-corrected chi connectivity index (χ1v) is 8.65. The minimum absolute atomic E-state index is 0.149. The Morgan fingerprint density at radius 3 is 2.81 bits per heavy atom. The van der Waals surface area contributed by atoms with Gasteiger partial charge in [-0.2, -0.15) is 5.10 Å². The number of halogens is 2. The molecule has 0 unspecified atom stereocenters. The molecule has 1 amide bonds. The largest absolute Gasteiger partial charge is 0.455 e. The lowest BCUT2D eigenvalue weighted by Gasteiger charge is -2.02. The van der Waals surface area contributed by atoms with E-state index in [-0.39, 0.29) is 12.7 Å². The van der Waals surface area contributed by atoms with Crippen molar-refractivity contribution in [2.45, 2.75) is 0 Å². The predicted molar refractivity (Wildman–Crippen MR) is 102 cm³/mol. The summed E-state index contributed by atoms with van der Waals surface area (Å²) in [6, 6.07) is 13.6. The highest BCUT2D eigenvalue weighted by Crippen LogP contribution is 2.34. The zero-order valence-corrected chi connectivity index (χ0v) is 15.3. The van der Waals surface area contributed by atoms with Gasteiger partial charge in [-0.15, -0.1) is 0 Å². The topological polar surface area (TPSA) is 73.1 Å². The number of rotatable bonds is 4. The van der Waals surface area contributed by atoms with Crippen LogP contribution in [0.15, 0.2) is 58.0 Å². The van der Waals surface area contributed by atoms with Crippen molar-refractivity contribution in [3.63, 3.8) is 0 Å². The molecule has 1 aromatic heterocycles. The average molecular weight is 403 g/mol. The fourth-order valence-electron chi connectivity index (χ4n) is 2.52. The standard InChI is InChI=1S/C19H12Cl2N2O4/c20-14-3-1-2-13(18(14)21)15-7-5-12(27-15)9-22-23-19(24)11-4-6-16-17(8-11)26-10-25-16/h1-9H,10H2,(H,23,24)/b22-9-. The Kier molecular flexibility index (Phi) is 4.75. The third-order valence-corrected chi connectivity index (χ3v) is 4.66. The van der Waals surface area contributed by atoms with E-state index in [0.29, 0.717) is 44.2 Å². The number of benzene rings is 2. The van der Waals surface area contributed by atoms with Crippen LogP contribution in [0.2, 0.25) is 10.0 Å². The van der Waals surface area contributed by atoms with E-state index in [1.807, 2.05) is 0 Å². The Labute approximate surface area is 164 Å². The van der Waals surface area contributed by atoms with Crippen molar-refractivity contribution in [1.29, 1.82) is 0 Å². The summed E-state index contributed by atoms with van der Waals surface area (Å²) < 4.78 is 16.1. The number of furan rings is 1. The van der Waals surface area contributed by atoms with Crippen molar-refractivity contribution in [2.24, 2.45) is 5.10 Å². The highest BCUT2D eigenvalue weighted by molar-refractivity contribution is 6.43. The molecule has 1 aliphatic heterocycles. The Morgan fingerprint density at radius 2 is 1.93 bits per heavy atom. The van der Waals surface area contributed by atoms with Gasteiger partial charge < -0.3 is 13.9 Å². The van der Waals surface area contributed by atoms with E-state index in [1.165, 1.54) is 6.21 Å². The Morgan fingerprint density at radius 1 is 1.07 bits per heavy atom. The molecule has 2 heterocycles. The summed E-state index contributed by atoms with van der Waals surface area (Å²) in [6.45, 7) is 0.149. The smallest absolute Gasteiger partial charge is 0.271 e. The lowest BCUT2D eigenvalue weighted by molar-refractivity contribution is 0.0954. The van der Waals surface area contributed by atoms with Gasteiger partial charge in [-0.3, -0.25) is 4.79 Å². The third-order valence-electron chi connectivity index (χ3n) is 3.84. The van der Waals surface area contributed by atoms with Gasteiger partial charge in [0.2, 0.25) is 6.79 Å². The molecule has 136 valence electrons. The predicted octanol–water partition coefficient (Wildman–Crippen LogP) is 4.75. The number of fused-ring (bicyclic) bond motifs is 1. The molecule has 27 heavy (non-hydrogen) atoms. The summed E-state index contributed by atoms with van der Waals surface area (Å²) in [7, 11) is 0. The molecule has 8 heteroatoms. The zero-order valence-electron chi connectivity index (χ0n) is 13.7. The molecule has 0 saturated carbocycles. The number of hydrazone groups is 1. The monoisotopic (exact) mass is 402 g/mol. The maximum atomic E-state index is 12.2. The van der Waals surface area contributed by atoms with Gasteiger partial charge in [0.25, 0.3) is 5.91 Å². The number of carbonyl (C=O) groups excluding carboxylic acids is 1. The van der Waals surface area contributed by atoms with E-state index >= 15 is 0 Å². The van der Waals surface area contributed by atoms with Crippen LogP contribution in [0.4, 0.5) is 0 Å². The Bertz CT molecular complexity index is 1050. The first-order valence-electron chi connectivity index (χ1n) is 7.89. The second-order valence-electron chi connectivity index (χ2n) is 5.57. The molecule has 0 atom stereocenters. The van der Waals surface area contributed by atoms with Gasteiger partial charge in [-0.25, -0.2) is 5.43 Å². The van der Waals surface area contributed by atoms with Crippen LogP contribution in [-0.2, 0) is 0 Å². The fraction of sp³-hybridized carbons (Fsp3) is 0.0526. The molecular formula is C19H12Cl2N2O4. The highest BCUT2D eigenvalue weighted by atomic mass is 35.5. The van der Waals surface area contributed by atoms with Crippen LogP contribution < -0.4 is 14.9 Å². The molecule has 0 spiro atoms. The van der Waals surface area contributed by atoms with E-state index in [1.54, 1.807) is 48.5 Å². The molecule has 0 fully saturated rings. The van der Waals surface area contributed by atoms with E-state index in [0.717, 1.165) is 0 Å². The normalized spacial score (nSPS) is 12.5. The van der Waals surface area contributed by atoms with Gasteiger partial charge in [0.05, 0.1) is 16.3 Å². The van der Waals surface area contributed by atoms with Crippen LogP contribution in [0.1, 0.15) is 16.1 Å². The summed E-state index contributed by atoms with van der Waals surface area (Å²) in [6.07, 6.45) is 1.40. The summed E-state index contributed by atoms with van der Waals surface area (Å²) >= 11 is 12.2. The average Bonchev–Trinajstić information content (AvgIpc) is 3.32. The van der Waals surface area contributed by atoms with Gasteiger partial charge in [-0.05, 0) is 42.5 Å². The third kappa shape index (κ3) is 3.63. The SMILES string of the molecule is O=C(N/N=C\c1ccc(-c2cccc(Cl)c2Cl)o1)c1ccc2c(c1)OCO2. The number of amides is 1. The molecule has 4 rings (SSSR count). The molecule has 1 aliphatic rings. The second kappa shape index (κ2) is 7.34. The fourth-order valence-corrected chi connectivity index (χ4v) is 2.91. The van der Waals surface area contributed by atoms with Gasteiger partial charge in [0.15, 0.2) is 11.5 Å². The summed E-state index contributed by atoms with van der Waals surface area (Å²) in [5.41, 5.74) is 3.51. The van der Waals surface area contributed by atoms with Crippen molar-refractivity contribution in [3.8, 4) is 22.8 Å². The first-order chi connectivity index (χ1) is 13.1. The van der Waals surface area contributed by atoms with Gasteiger partial charge in [0.1, 0.15) is 11.5 Å². The number of nitrogens with one attached hydrogen (secondary N) is 1. The van der Waals surface area contributed by atoms with Crippen LogP contribution in [0.3, 0.4) is 0 Å². The van der Waals surface area contributed by atoms with Crippen molar-refractivity contribution in [3.05, 3.63) is 69.9 Å². The summed E-state index contributed by atoms with van der Waals surface area (Å²) in [4.78, 5) is 12.2. The second-order valence-corrected chi connectivity index (χ2v) is 6.36. The Balaban J connectivity index is 1.44. The molecule has 0 saturated heterocycles. The summed E-state index contributed by atoms with van der Waals surface area (Å²) in [5, 5.41) is 4.76. The minimum Gasteiger partial charge on any atom is -0.455 e. The lowest BCUT2D eigenvalue weighted by Crippen LogP contribution is -2.17.